The number of hydrogen-bond acceptors (Lipinski definition) is 5. The normalized spacial score (nSPS) is 14.5. The largest absolute Gasteiger partial charge is 0.493 e. The van der Waals surface area contributed by atoms with Gasteiger partial charge in [-0.3, -0.25) is 9.59 Å². The summed E-state index contributed by atoms with van der Waals surface area (Å²) >= 11 is 1.40. The molecule has 2 amide bonds. The van der Waals surface area contributed by atoms with Crippen LogP contribution in [0.5, 0.6) is 11.5 Å². The number of benzene rings is 2. The maximum atomic E-state index is 12.9. The van der Waals surface area contributed by atoms with Gasteiger partial charge < -0.3 is 19.7 Å². The Balaban J connectivity index is 1.89. The highest BCUT2D eigenvalue weighted by Gasteiger charge is 2.27. The van der Waals surface area contributed by atoms with E-state index in [1.165, 1.54) is 11.8 Å². The number of nitrogens with one attached hydrogen (secondary N) is 1. The minimum absolute atomic E-state index is 0.119. The van der Waals surface area contributed by atoms with Crippen LogP contribution in [-0.2, 0) is 4.79 Å². The molecule has 3 rings (SSSR count). The zero-order valence-electron chi connectivity index (χ0n) is 17.7. The van der Waals surface area contributed by atoms with Crippen LogP contribution in [0.25, 0.3) is 6.08 Å². The van der Waals surface area contributed by atoms with Gasteiger partial charge in [0.1, 0.15) is 0 Å². The Morgan fingerprint density at radius 2 is 1.97 bits per heavy atom. The molecule has 6 nitrogen and oxygen atoms in total. The average Bonchev–Trinajstić information content (AvgIpc) is 2.76. The number of carbonyl (C=O) groups is 2. The van der Waals surface area contributed by atoms with E-state index in [1.54, 1.807) is 31.2 Å². The number of nitrogens with zero attached hydrogens (tertiary/aromatic N) is 1. The molecule has 1 aliphatic heterocycles. The molecule has 2 aromatic rings. The quantitative estimate of drug-likeness (QED) is 0.667. The van der Waals surface area contributed by atoms with E-state index < -0.39 is 0 Å². The summed E-state index contributed by atoms with van der Waals surface area (Å²) in [4.78, 5) is 28.3. The third kappa shape index (κ3) is 4.62. The van der Waals surface area contributed by atoms with Crippen molar-refractivity contribution in [3.05, 3.63) is 52.4 Å². The Morgan fingerprint density at radius 1 is 1.17 bits per heavy atom. The van der Waals surface area contributed by atoms with Crippen molar-refractivity contribution in [2.75, 3.05) is 32.2 Å². The monoisotopic (exact) mass is 426 g/mol. The molecule has 1 N–H and O–H groups in total. The molecule has 0 unspecified atom stereocenters. The molecule has 0 atom stereocenters. The van der Waals surface area contributed by atoms with Crippen molar-refractivity contribution in [3.63, 3.8) is 0 Å². The van der Waals surface area contributed by atoms with Gasteiger partial charge in [0.05, 0.1) is 24.3 Å². The van der Waals surface area contributed by atoms with Crippen LogP contribution in [0.1, 0.15) is 36.2 Å². The van der Waals surface area contributed by atoms with Gasteiger partial charge in [0, 0.05) is 24.1 Å². The summed E-state index contributed by atoms with van der Waals surface area (Å²) in [5.74, 6) is 1.04. The van der Waals surface area contributed by atoms with Crippen LogP contribution in [0, 0.1) is 0 Å². The molecule has 0 aromatic heterocycles. The lowest BCUT2D eigenvalue weighted by molar-refractivity contribution is -0.114. The Kier molecular flexibility index (Phi) is 7.05. The summed E-state index contributed by atoms with van der Waals surface area (Å²) in [6.45, 7) is 5.09. The smallest absolute Gasteiger partial charge is 0.264 e. The van der Waals surface area contributed by atoms with Crippen LogP contribution in [0.15, 0.2) is 46.2 Å². The molecule has 2 aromatic carbocycles. The number of rotatable bonds is 7. The van der Waals surface area contributed by atoms with Gasteiger partial charge in [-0.1, -0.05) is 24.8 Å². The molecule has 0 spiro atoms. The highest BCUT2D eigenvalue weighted by atomic mass is 32.2. The SMILES string of the molecule is CCCNC(=O)c1ccc2c(c1)N(C)C(=O)/C(=C\c1ccc(OCC)c(OC)c1)S2. The molecule has 30 heavy (non-hydrogen) atoms. The van der Waals surface area contributed by atoms with E-state index in [0.29, 0.717) is 35.1 Å². The van der Waals surface area contributed by atoms with Gasteiger partial charge in [0.2, 0.25) is 0 Å². The van der Waals surface area contributed by atoms with Crippen LogP contribution in [0.2, 0.25) is 0 Å². The highest BCUT2D eigenvalue weighted by Crippen LogP contribution is 2.42. The summed E-state index contributed by atoms with van der Waals surface area (Å²) in [5, 5.41) is 2.86. The van der Waals surface area contributed by atoms with Crippen LogP contribution >= 0.6 is 11.8 Å². The van der Waals surface area contributed by atoms with Crippen LogP contribution in [0.4, 0.5) is 5.69 Å². The molecule has 0 aliphatic carbocycles. The van der Waals surface area contributed by atoms with Gasteiger partial charge in [-0.2, -0.15) is 0 Å². The van der Waals surface area contributed by atoms with Gasteiger partial charge in [-0.15, -0.1) is 0 Å². The molecule has 158 valence electrons. The first-order chi connectivity index (χ1) is 14.5. The molecule has 0 saturated heterocycles. The minimum atomic E-state index is -0.131. The third-order valence-corrected chi connectivity index (χ3v) is 5.72. The van der Waals surface area contributed by atoms with Crippen LogP contribution in [-0.4, -0.2) is 39.1 Å². The second-order valence-corrected chi connectivity index (χ2v) is 7.84. The third-order valence-electron chi connectivity index (χ3n) is 4.64. The van der Waals surface area contributed by atoms with E-state index in [1.807, 2.05) is 44.2 Å². The first-order valence-corrected chi connectivity index (χ1v) is 10.7. The first-order valence-electron chi connectivity index (χ1n) is 9.89. The van der Waals surface area contributed by atoms with Gasteiger partial charge in [0.25, 0.3) is 11.8 Å². The summed E-state index contributed by atoms with van der Waals surface area (Å²) in [7, 11) is 3.31. The van der Waals surface area contributed by atoms with Crippen molar-refractivity contribution in [2.45, 2.75) is 25.2 Å². The van der Waals surface area contributed by atoms with Gasteiger partial charge in [0.15, 0.2) is 11.5 Å². The predicted molar refractivity (Wildman–Crippen MR) is 120 cm³/mol. The topological polar surface area (TPSA) is 67.9 Å². The van der Waals surface area contributed by atoms with Crippen molar-refractivity contribution >= 4 is 35.3 Å². The lowest BCUT2D eigenvalue weighted by atomic mass is 10.1. The molecular weight excluding hydrogens is 400 g/mol. The number of methoxy groups -OCH3 is 1. The van der Waals surface area contributed by atoms with Crippen molar-refractivity contribution in [2.24, 2.45) is 0 Å². The molecule has 0 bridgehead atoms. The summed E-state index contributed by atoms with van der Waals surface area (Å²) in [6.07, 6.45) is 2.71. The zero-order valence-corrected chi connectivity index (χ0v) is 18.5. The molecule has 0 saturated carbocycles. The number of carbonyl (C=O) groups excluding carboxylic acids is 2. The van der Waals surface area contributed by atoms with E-state index in [4.69, 9.17) is 9.47 Å². The second kappa shape index (κ2) is 9.71. The fraction of sp³-hybridized carbons (Fsp3) is 0.304. The fourth-order valence-corrected chi connectivity index (χ4v) is 4.17. The van der Waals surface area contributed by atoms with E-state index in [2.05, 4.69) is 5.32 Å². The predicted octanol–water partition coefficient (Wildman–Crippen LogP) is 4.34. The fourth-order valence-electron chi connectivity index (χ4n) is 3.08. The first kappa shape index (κ1) is 21.8. The Labute approximate surface area is 181 Å². The molecule has 7 heteroatoms. The Morgan fingerprint density at radius 3 is 2.67 bits per heavy atom. The number of ether oxygens (including phenoxy) is 2. The van der Waals surface area contributed by atoms with Gasteiger partial charge in [-0.25, -0.2) is 0 Å². The number of anilines is 1. The van der Waals surface area contributed by atoms with Crippen molar-refractivity contribution in [1.29, 1.82) is 0 Å². The summed E-state index contributed by atoms with van der Waals surface area (Å²) in [6, 6.07) is 11.0. The van der Waals surface area contributed by atoms with Crippen LogP contribution in [0.3, 0.4) is 0 Å². The summed E-state index contributed by atoms with van der Waals surface area (Å²) in [5.41, 5.74) is 2.13. The number of hydrogen-bond donors (Lipinski definition) is 1. The van der Waals surface area contributed by atoms with Gasteiger partial charge in [-0.05, 0) is 55.3 Å². The van der Waals surface area contributed by atoms with Crippen molar-refractivity contribution in [1.82, 2.24) is 5.32 Å². The maximum Gasteiger partial charge on any atom is 0.264 e. The standard InChI is InChI=1S/C23H26N2O4S/c1-5-11-24-22(26)16-8-10-20-17(14-16)25(3)23(27)21(30-20)13-15-7-9-18(29-6-2)19(12-15)28-4/h7-10,12-14H,5-6,11H2,1-4H3,(H,24,26)/b21-13+. The van der Waals surface area contributed by atoms with E-state index >= 15 is 0 Å². The highest BCUT2D eigenvalue weighted by molar-refractivity contribution is 8.04. The minimum Gasteiger partial charge on any atom is -0.493 e. The Hall–Kier alpha value is -2.93. The lowest BCUT2D eigenvalue weighted by Gasteiger charge is -2.27. The summed E-state index contributed by atoms with van der Waals surface area (Å²) < 4.78 is 11.0. The number of thioether (sulfide) groups is 1. The zero-order chi connectivity index (χ0) is 21.7. The molecule has 1 aliphatic rings. The van der Waals surface area contributed by atoms with Gasteiger partial charge >= 0.3 is 0 Å². The van der Waals surface area contributed by atoms with E-state index in [0.717, 1.165) is 22.6 Å². The molecular formula is C23H26N2O4S. The second-order valence-electron chi connectivity index (χ2n) is 6.76. The van der Waals surface area contributed by atoms with Crippen molar-refractivity contribution < 1.29 is 19.1 Å². The molecule has 0 radical (unpaired) electrons. The Bertz CT molecular complexity index is 987. The number of fused-ring (bicyclic) bond motifs is 1. The average molecular weight is 427 g/mol. The van der Waals surface area contributed by atoms with Crippen LogP contribution < -0.4 is 19.7 Å². The lowest BCUT2D eigenvalue weighted by Crippen LogP contribution is -2.31. The number of likely N-dealkylation sites (N-methyl/N-ethyl adjacent to an activating group) is 1. The van der Waals surface area contributed by atoms with Crippen molar-refractivity contribution in [3.8, 4) is 11.5 Å². The number of amides is 2. The molecule has 1 heterocycles. The molecule has 0 fully saturated rings. The maximum absolute atomic E-state index is 12.9. The van der Waals surface area contributed by atoms with E-state index in [-0.39, 0.29) is 11.8 Å². The van der Waals surface area contributed by atoms with E-state index in [9.17, 15) is 9.59 Å².